The Morgan fingerprint density at radius 1 is 0.955 bits per heavy atom. The Hall–Kier alpha value is -1.66. The molecule has 0 radical (unpaired) electrons. The normalized spacial score (nSPS) is 12.8. The van der Waals surface area contributed by atoms with E-state index < -0.39 is 7.14 Å². The van der Waals surface area contributed by atoms with Crippen molar-refractivity contribution in [1.82, 2.24) is 0 Å². The minimum atomic E-state index is -3.25. The van der Waals surface area contributed by atoms with Gasteiger partial charge in [-0.2, -0.15) is 0 Å². The maximum Gasteiger partial charge on any atom is 0.205 e. The largest absolute Gasteiger partial charge is 0.306 e. The first-order valence-electron chi connectivity index (χ1n) is 7.86. The Kier molecular flexibility index (Phi) is 5.74. The molecule has 0 spiro atoms. The van der Waals surface area contributed by atoms with Crippen LogP contribution in [0.1, 0.15) is 33.1 Å². The summed E-state index contributed by atoms with van der Waals surface area (Å²) in [6.07, 6.45) is 2.81. The summed E-state index contributed by atoms with van der Waals surface area (Å²) >= 11 is 0. The van der Waals surface area contributed by atoms with Gasteiger partial charge in [0.2, 0.25) is 12.7 Å². The van der Waals surface area contributed by atoms with Crippen LogP contribution in [-0.2, 0) is 9.36 Å². The quantitative estimate of drug-likeness (QED) is 0.712. The SMILES string of the molecule is CCCCC(C)C(=O)P(=O)(c1ccccc1)c1ccccc1. The van der Waals surface area contributed by atoms with Crippen LogP contribution in [0.25, 0.3) is 0 Å². The molecular weight excluding hydrogens is 291 g/mol. The molecule has 0 aliphatic rings. The van der Waals surface area contributed by atoms with Crippen molar-refractivity contribution in [2.45, 2.75) is 33.1 Å². The van der Waals surface area contributed by atoms with Gasteiger partial charge in [-0.25, -0.2) is 0 Å². The van der Waals surface area contributed by atoms with Crippen LogP contribution in [0.5, 0.6) is 0 Å². The monoisotopic (exact) mass is 314 g/mol. The van der Waals surface area contributed by atoms with Crippen molar-refractivity contribution in [3.63, 3.8) is 0 Å². The van der Waals surface area contributed by atoms with Gasteiger partial charge < -0.3 is 4.57 Å². The average molecular weight is 314 g/mol. The van der Waals surface area contributed by atoms with E-state index in [1.807, 2.05) is 43.3 Å². The number of carbonyl (C=O) groups is 1. The summed E-state index contributed by atoms with van der Waals surface area (Å²) in [5.41, 5.74) is -0.127. The van der Waals surface area contributed by atoms with Crippen LogP contribution < -0.4 is 10.6 Å². The van der Waals surface area contributed by atoms with Crippen LogP contribution >= 0.6 is 7.14 Å². The summed E-state index contributed by atoms with van der Waals surface area (Å²) in [6.45, 7) is 4.00. The van der Waals surface area contributed by atoms with Gasteiger partial charge in [-0.1, -0.05) is 87.4 Å². The highest BCUT2D eigenvalue weighted by Crippen LogP contribution is 2.47. The van der Waals surface area contributed by atoms with Gasteiger partial charge in [0.25, 0.3) is 0 Å². The Balaban J connectivity index is 2.48. The van der Waals surface area contributed by atoms with E-state index in [0.717, 1.165) is 19.3 Å². The molecule has 3 heteroatoms. The van der Waals surface area contributed by atoms with Crippen molar-refractivity contribution < 1.29 is 9.36 Å². The zero-order chi connectivity index (χ0) is 16.0. The van der Waals surface area contributed by atoms with Crippen molar-refractivity contribution in [3.8, 4) is 0 Å². The van der Waals surface area contributed by atoms with Crippen molar-refractivity contribution in [2.24, 2.45) is 5.92 Å². The molecule has 2 rings (SSSR count). The highest BCUT2D eigenvalue weighted by atomic mass is 31.2. The predicted molar refractivity (Wildman–Crippen MR) is 93.5 cm³/mol. The number of hydrogen-bond donors (Lipinski definition) is 0. The molecule has 2 nitrogen and oxygen atoms in total. The van der Waals surface area contributed by atoms with Crippen molar-refractivity contribution in [3.05, 3.63) is 60.7 Å². The van der Waals surface area contributed by atoms with Crippen LogP contribution in [0.4, 0.5) is 0 Å². The number of hydrogen-bond acceptors (Lipinski definition) is 2. The summed E-state index contributed by atoms with van der Waals surface area (Å²) in [6, 6.07) is 18.3. The molecule has 0 N–H and O–H groups in total. The first-order chi connectivity index (χ1) is 10.6. The van der Waals surface area contributed by atoms with E-state index in [9.17, 15) is 9.36 Å². The molecular formula is C19H23O2P. The van der Waals surface area contributed by atoms with E-state index >= 15 is 0 Å². The maximum absolute atomic E-state index is 13.8. The number of unbranched alkanes of at least 4 members (excludes halogenated alkanes) is 1. The lowest BCUT2D eigenvalue weighted by atomic mass is 10.1. The lowest BCUT2D eigenvalue weighted by molar-refractivity contribution is -0.114. The average Bonchev–Trinajstić information content (AvgIpc) is 2.59. The fraction of sp³-hybridized carbons (Fsp3) is 0.316. The van der Waals surface area contributed by atoms with Gasteiger partial charge in [-0.15, -0.1) is 0 Å². The molecule has 0 saturated carbocycles. The fourth-order valence-corrected chi connectivity index (χ4v) is 5.36. The lowest BCUT2D eigenvalue weighted by Gasteiger charge is -2.21. The van der Waals surface area contributed by atoms with E-state index in [0.29, 0.717) is 10.6 Å². The summed E-state index contributed by atoms with van der Waals surface area (Å²) < 4.78 is 13.8. The first-order valence-corrected chi connectivity index (χ1v) is 9.57. The standard InChI is InChI=1S/C19H23O2P/c1-3-4-11-16(2)19(20)22(21,17-12-7-5-8-13-17)18-14-9-6-10-15-18/h5-10,12-16H,3-4,11H2,1-2H3. The molecule has 22 heavy (non-hydrogen) atoms. The maximum atomic E-state index is 13.8. The van der Waals surface area contributed by atoms with Crippen molar-refractivity contribution >= 4 is 23.3 Å². The molecule has 116 valence electrons. The van der Waals surface area contributed by atoms with Gasteiger partial charge >= 0.3 is 0 Å². The Bertz CT molecular complexity index is 606. The molecule has 0 aliphatic heterocycles. The van der Waals surface area contributed by atoms with Crippen LogP contribution in [0.2, 0.25) is 0 Å². The van der Waals surface area contributed by atoms with E-state index in [-0.39, 0.29) is 11.4 Å². The topological polar surface area (TPSA) is 34.1 Å². The fourth-order valence-electron chi connectivity index (χ4n) is 2.62. The van der Waals surface area contributed by atoms with Crippen LogP contribution in [0.15, 0.2) is 60.7 Å². The van der Waals surface area contributed by atoms with Gasteiger partial charge in [-0.3, -0.25) is 4.79 Å². The van der Waals surface area contributed by atoms with E-state index in [1.165, 1.54) is 0 Å². The Morgan fingerprint density at radius 2 is 1.41 bits per heavy atom. The summed E-state index contributed by atoms with van der Waals surface area (Å²) in [5.74, 6) is -0.189. The number of carbonyl (C=O) groups excluding carboxylic acids is 1. The van der Waals surface area contributed by atoms with Crippen LogP contribution in [0.3, 0.4) is 0 Å². The molecule has 2 aromatic rings. The molecule has 0 bridgehead atoms. The molecule has 0 aromatic heterocycles. The second kappa shape index (κ2) is 7.56. The van der Waals surface area contributed by atoms with E-state index in [1.54, 1.807) is 24.3 Å². The molecule has 1 atom stereocenters. The predicted octanol–water partition coefficient (Wildman–Crippen LogP) is 4.35. The molecule has 1 unspecified atom stereocenters. The highest BCUT2D eigenvalue weighted by molar-refractivity contribution is 7.93. The third kappa shape index (κ3) is 3.39. The number of rotatable bonds is 7. The van der Waals surface area contributed by atoms with Gasteiger partial charge in [-0.05, 0) is 6.42 Å². The number of benzene rings is 2. The molecule has 0 amide bonds. The molecule has 0 fully saturated rings. The molecule has 0 saturated heterocycles. The zero-order valence-corrected chi connectivity index (χ0v) is 14.1. The Morgan fingerprint density at radius 3 is 1.82 bits per heavy atom. The molecule has 2 aromatic carbocycles. The van der Waals surface area contributed by atoms with E-state index in [2.05, 4.69) is 6.92 Å². The minimum absolute atomic E-state index is 0.127. The van der Waals surface area contributed by atoms with Crippen molar-refractivity contribution in [2.75, 3.05) is 0 Å². The highest BCUT2D eigenvalue weighted by Gasteiger charge is 2.37. The molecule has 0 aliphatic carbocycles. The van der Waals surface area contributed by atoms with Gasteiger partial charge in [0.05, 0.1) is 0 Å². The van der Waals surface area contributed by atoms with Crippen molar-refractivity contribution in [1.29, 1.82) is 0 Å². The van der Waals surface area contributed by atoms with Gasteiger partial charge in [0.1, 0.15) is 0 Å². The smallest absolute Gasteiger partial charge is 0.205 e. The third-order valence-corrected chi connectivity index (χ3v) is 7.07. The second-order valence-corrected chi connectivity index (χ2v) is 8.35. The Labute approximate surface area is 132 Å². The van der Waals surface area contributed by atoms with Gasteiger partial charge in [0.15, 0.2) is 0 Å². The summed E-state index contributed by atoms with van der Waals surface area (Å²) in [4.78, 5) is 13.0. The van der Waals surface area contributed by atoms with Gasteiger partial charge in [0, 0.05) is 16.5 Å². The first kappa shape index (κ1) is 16.7. The summed E-state index contributed by atoms with van der Waals surface area (Å²) in [5, 5.41) is 1.27. The van der Waals surface area contributed by atoms with E-state index in [4.69, 9.17) is 0 Å². The third-order valence-electron chi connectivity index (χ3n) is 3.96. The minimum Gasteiger partial charge on any atom is -0.306 e. The summed E-state index contributed by atoms with van der Waals surface area (Å²) in [7, 11) is -3.25. The van der Waals surface area contributed by atoms with Crippen LogP contribution in [-0.4, -0.2) is 5.52 Å². The second-order valence-electron chi connectivity index (χ2n) is 5.66. The molecule has 0 heterocycles. The zero-order valence-electron chi connectivity index (χ0n) is 13.2. The van der Waals surface area contributed by atoms with Crippen LogP contribution in [0, 0.1) is 5.92 Å². The lowest BCUT2D eigenvalue weighted by Crippen LogP contribution is -2.26.